The number of hydrogen-bond acceptors (Lipinski definition) is 8. The first-order valence-electron chi connectivity index (χ1n) is 14.0. The lowest BCUT2D eigenvalue weighted by molar-refractivity contribution is 0.0273. The molecule has 2 unspecified atom stereocenters. The van der Waals surface area contributed by atoms with Crippen LogP contribution < -0.4 is 10.1 Å². The Morgan fingerprint density at radius 2 is 1.74 bits per heavy atom. The van der Waals surface area contributed by atoms with E-state index in [1.165, 1.54) is 6.20 Å². The third kappa shape index (κ3) is 9.82. The summed E-state index contributed by atoms with van der Waals surface area (Å²) in [5, 5.41) is 8.97. The number of hydrogen-bond donors (Lipinski definition) is 3. The van der Waals surface area contributed by atoms with Gasteiger partial charge in [-0.25, -0.2) is 4.39 Å². The molecule has 0 saturated carbocycles. The van der Waals surface area contributed by atoms with Crippen LogP contribution in [0.2, 0.25) is 5.02 Å². The fourth-order valence-corrected chi connectivity index (χ4v) is 5.46. The number of halogens is 2. The van der Waals surface area contributed by atoms with Crippen molar-refractivity contribution in [3.05, 3.63) is 54.9 Å². The number of nitrogens with zero attached hydrogens (tertiary/aromatic N) is 1. The highest BCUT2D eigenvalue weighted by atomic mass is 35.5. The molecule has 0 spiro atoms. The Kier molecular flexibility index (Phi) is 14.8. The summed E-state index contributed by atoms with van der Waals surface area (Å²) in [7, 11) is 1.92. The average molecular weight is 650 g/mol. The molecule has 1 aromatic carbocycles. The molecule has 3 N–H and O–H groups in total. The zero-order valence-corrected chi connectivity index (χ0v) is 28.7. The first-order valence-corrected chi connectivity index (χ1v) is 16.2. The van der Waals surface area contributed by atoms with E-state index in [4.69, 9.17) is 55.1 Å². The van der Waals surface area contributed by atoms with E-state index in [1.807, 2.05) is 69.2 Å². The molecule has 1 fully saturated rings. The van der Waals surface area contributed by atoms with Crippen molar-refractivity contribution in [3.8, 4) is 5.75 Å². The Bertz CT molecular complexity index is 1300. The molecule has 1 saturated heterocycles. The zero-order valence-electron chi connectivity index (χ0n) is 26.2. The monoisotopic (exact) mass is 649 g/mol. The van der Waals surface area contributed by atoms with Crippen LogP contribution in [0.1, 0.15) is 105 Å². The number of rotatable bonds is 3. The molecule has 2 aliphatic rings. The summed E-state index contributed by atoms with van der Waals surface area (Å²) in [5.74, 6) is -0.144. The fraction of sp³-hybridized carbons (Fsp3) is 0.643. The van der Waals surface area contributed by atoms with E-state index in [-0.39, 0.29) is 51.6 Å². The van der Waals surface area contributed by atoms with E-state index in [9.17, 15) is 14.1 Å². The number of fused-ring (bicyclic) bond motifs is 1. The van der Waals surface area contributed by atoms with Crippen molar-refractivity contribution < 1.29 is 32.7 Å². The van der Waals surface area contributed by atoms with E-state index in [1.54, 1.807) is 10.6 Å². The van der Waals surface area contributed by atoms with Crippen LogP contribution in [0.25, 0.3) is 0 Å². The maximum Gasteiger partial charge on any atom is 0.621 e. The molecule has 2 aromatic rings. The predicted octanol–water partition coefficient (Wildman–Crippen LogP) is 7.38. The van der Waals surface area contributed by atoms with Gasteiger partial charge in [0, 0.05) is 17.8 Å². The summed E-state index contributed by atoms with van der Waals surface area (Å²) >= 11 is 10.7. The van der Waals surface area contributed by atoms with Crippen LogP contribution in [0, 0.1) is 10.6 Å². The molecule has 3 atom stereocenters. The number of ether oxygens (including phenoxy) is 1. The van der Waals surface area contributed by atoms with Gasteiger partial charge in [-0.3, -0.25) is 18.9 Å². The van der Waals surface area contributed by atoms with Gasteiger partial charge in [0.1, 0.15) is 31.5 Å². The Balaban J connectivity index is 0.000000400. The molecule has 0 aliphatic carbocycles. The Hall–Kier alpha value is -1.37. The number of aromatic amines is 1. The molecule has 42 heavy (non-hydrogen) atoms. The molecular weight excluding hydrogens is 605 g/mol. The number of aliphatic hydroxyl groups is 1. The second-order valence-electron chi connectivity index (χ2n) is 11.0. The van der Waals surface area contributed by atoms with Gasteiger partial charge >= 0.3 is 8.17 Å². The van der Waals surface area contributed by atoms with Gasteiger partial charge < -0.3 is 9.84 Å². The van der Waals surface area contributed by atoms with Crippen LogP contribution in [0.15, 0.2) is 17.1 Å². The van der Waals surface area contributed by atoms with Gasteiger partial charge in [-0.1, -0.05) is 80.8 Å². The van der Waals surface area contributed by atoms with Gasteiger partial charge in [0.15, 0.2) is 17.3 Å². The second kappa shape index (κ2) is 16.1. The minimum absolute atomic E-state index is 0.0904. The highest BCUT2D eigenvalue weighted by Crippen LogP contribution is 2.63. The molecule has 14 heteroatoms. The number of aliphatic hydroxyl groups excluding tert-OH is 1. The standard InChI is InChI=1S/C16H25FO5P.C8H8BClN2O2S.2C2H6/c1-15(2,3)11-7-12(16(4,5)6)14-10(13(11)17)8-20-23(19,22-14)21-9-18;9-5-1-2-6(14-5)12-3-4(10)7(13)11-8(12)15;2*1-2/h7,18-19H,8-9H2,1-6H3;3,5-6H,1-2H2,(H,11,13,15);2*1-2H3/q+1;;;/t;5-,6?;;/m.0../s1. The smallest absolute Gasteiger partial charge is 0.367 e. The van der Waals surface area contributed by atoms with Crippen molar-refractivity contribution in [2.45, 2.75) is 112 Å². The van der Waals surface area contributed by atoms with Crippen LogP contribution in [-0.4, -0.2) is 40.2 Å². The van der Waals surface area contributed by atoms with Gasteiger partial charge in [0.2, 0.25) is 0 Å². The van der Waals surface area contributed by atoms with Crippen LogP contribution in [0.4, 0.5) is 4.39 Å². The summed E-state index contributed by atoms with van der Waals surface area (Å²) < 4.78 is 37.7. The average Bonchev–Trinajstić information content (AvgIpc) is 3.33. The first kappa shape index (κ1) is 38.7. The lowest BCUT2D eigenvalue weighted by atomic mass is 9.78. The van der Waals surface area contributed by atoms with Crippen molar-refractivity contribution in [1.82, 2.24) is 9.55 Å². The van der Waals surface area contributed by atoms with E-state index in [0.29, 0.717) is 10.3 Å². The van der Waals surface area contributed by atoms with E-state index in [2.05, 4.69) is 4.98 Å². The molecule has 1 aromatic heterocycles. The summed E-state index contributed by atoms with van der Waals surface area (Å²) in [6, 6.07) is 1.51. The molecule has 236 valence electrons. The lowest BCUT2D eigenvalue weighted by Crippen LogP contribution is -2.25. The maximum atomic E-state index is 14.9. The van der Waals surface area contributed by atoms with Crippen molar-refractivity contribution in [1.29, 1.82) is 0 Å². The normalized spacial score (nSPS) is 21.4. The van der Waals surface area contributed by atoms with Crippen molar-refractivity contribution in [2.24, 2.45) is 0 Å². The fourth-order valence-electron chi connectivity index (χ4n) is 3.98. The maximum absolute atomic E-state index is 14.9. The van der Waals surface area contributed by atoms with Crippen molar-refractivity contribution in [2.75, 3.05) is 6.79 Å². The molecule has 2 radical (unpaired) electrons. The minimum atomic E-state index is -3.68. The molecule has 4 rings (SSSR count). The minimum Gasteiger partial charge on any atom is -0.367 e. The number of aromatic nitrogens is 2. The van der Waals surface area contributed by atoms with E-state index < -0.39 is 20.8 Å². The van der Waals surface area contributed by atoms with E-state index >= 15 is 0 Å². The molecule has 2 aliphatic heterocycles. The summed E-state index contributed by atoms with van der Waals surface area (Å²) in [4.78, 5) is 23.8. The van der Waals surface area contributed by atoms with Gasteiger partial charge in [-0.15, -0.1) is 9.05 Å². The van der Waals surface area contributed by atoms with Crippen LogP contribution in [-0.2, 0) is 31.2 Å². The Labute approximate surface area is 260 Å². The van der Waals surface area contributed by atoms with Gasteiger partial charge in [0.05, 0.1) is 5.56 Å². The van der Waals surface area contributed by atoms with Crippen molar-refractivity contribution >= 4 is 39.8 Å². The van der Waals surface area contributed by atoms with Gasteiger partial charge in [-0.2, -0.15) is 4.89 Å². The largest absolute Gasteiger partial charge is 0.621 e. The van der Waals surface area contributed by atoms with Crippen LogP contribution in [0.3, 0.4) is 0 Å². The van der Waals surface area contributed by atoms with Gasteiger partial charge in [-0.05, 0) is 47.5 Å². The second-order valence-corrected chi connectivity index (χ2v) is 13.5. The number of nitrogens with one attached hydrogen (secondary N) is 1. The Morgan fingerprint density at radius 1 is 1.17 bits per heavy atom. The summed E-state index contributed by atoms with van der Waals surface area (Å²) in [5.41, 5.74) is 0.499. The van der Waals surface area contributed by atoms with Crippen LogP contribution in [0.5, 0.6) is 5.75 Å². The molecule has 9 nitrogen and oxygen atoms in total. The lowest BCUT2D eigenvalue weighted by Gasteiger charge is -2.31. The Morgan fingerprint density at radius 3 is 2.21 bits per heavy atom. The van der Waals surface area contributed by atoms with Crippen LogP contribution >= 0.6 is 32.0 Å². The summed E-state index contributed by atoms with van der Waals surface area (Å²) in [6.45, 7) is 18.8. The highest BCUT2D eigenvalue weighted by Gasteiger charge is 2.52. The van der Waals surface area contributed by atoms with E-state index in [0.717, 1.165) is 18.4 Å². The SMILES string of the molecule is CC.CC.CC(C)(C)c1cc(C(C)(C)C)c2c(c1F)CO[P+](O)(OCO)O2.[B][C@@H]1CCC(n2cc(Cl)c(=O)[nH]c2=S)O1. The third-order valence-electron chi connectivity index (χ3n) is 5.99. The third-order valence-corrected chi connectivity index (χ3v) is 7.88. The topological polar surface area (TPSA) is 115 Å². The number of H-pyrrole nitrogens is 1. The first-order chi connectivity index (χ1) is 19.5. The molecule has 0 bridgehead atoms. The number of benzene rings is 1. The zero-order chi connectivity index (χ0) is 32.6. The van der Waals surface area contributed by atoms with Gasteiger partial charge in [0.25, 0.3) is 5.56 Å². The molecular formula is C28H45BClFN2O7PS+. The summed E-state index contributed by atoms with van der Waals surface area (Å²) in [6.07, 6.45) is 2.77. The highest BCUT2D eigenvalue weighted by molar-refractivity contribution is 7.71. The quantitative estimate of drug-likeness (QED) is 0.137. The van der Waals surface area contributed by atoms with Crippen molar-refractivity contribution in [3.63, 3.8) is 0 Å². The molecule has 3 heterocycles. The predicted molar refractivity (Wildman–Crippen MR) is 169 cm³/mol. The molecule has 0 amide bonds.